The minimum atomic E-state index is -0.122. The smallest absolute Gasteiger partial charge is 0.229 e. The molecule has 0 aliphatic heterocycles. The molecule has 0 unspecified atom stereocenters. The number of carbonyl (C=O) groups is 1. The first-order chi connectivity index (χ1) is 11.7. The van der Waals surface area contributed by atoms with Crippen molar-refractivity contribution in [3.8, 4) is 17.0 Å². The Kier molecular flexibility index (Phi) is 5.46. The van der Waals surface area contributed by atoms with Crippen LogP contribution in [0.1, 0.15) is 6.42 Å². The largest absolute Gasteiger partial charge is 0.493 e. The van der Waals surface area contributed by atoms with Crippen LogP contribution in [0.2, 0.25) is 5.02 Å². The van der Waals surface area contributed by atoms with Crippen molar-refractivity contribution >= 4 is 34.0 Å². The predicted octanol–water partition coefficient (Wildman–Crippen LogP) is 4.87. The Hall–Kier alpha value is -2.37. The highest BCUT2D eigenvalue weighted by Gasteiger charge is 2.08. The Morgan fingerprint density at radius 1 is 1.12 bits per heavy atom. The van der Waals surface area contributed by atoms with Crippen LogP contribution in [-0.4, -0.2) is 17.5 Å². The molecule has 1 amide bonds. The van der Waals surface area contributed by atoms with Gasteiger partial charge < -0.3 is 10.1 Å². The van der Waals surface area contributed by atoms with Gasteiger partial charge in [0.2, 0.25) is 5.91 Å². The number of thiazole rings is 1. The van der Waals surface area contributed by atoms with Gasteiger partial charge in [0.25, 0.3) is 0 Å². The van der Waals surface area contributed by atoms with Crippen LogP contribution in [0, 0.1) is 0 Å². The van der Waals surface area contributed by atoms with Gasteiger partial charge in [-0.05, 0) is 24.3 Å². The number of hydrogen-bond donors (Lipinski definition) is 1. The quantitative estimate of drug-likeness (QED) is 0.683. The van der Waals surface area contributed by atoms with Crippen molar-refractivity contribution in [2.75, 3.05) is 11.9 Å². The molecule has 122 valence electrons. The molecule has 1 heterocycles. The van der Waals surface area contributed by atoms with Crippen LogP contribution in [0.25, 0.3) is 11.3 Å². The number of benzene rings is 2. The fourth-order valence-electron chi connectivity index (χ4n) is 2.04. The summed E-state index contributed by atoms with van der Waals surface area (Å²) in [7, 11) is 0. The molecular weight excluding hydrogens is 344 g/mol. The number of rotatable bonds is 6. The standard InChI is InChI=1S/C18H15ClN2O2S/c19-14-8-6-13(7-9-14)16-12-24-18(20-16)21-17(22)10-11-23-15-4-2-1-3-5-15/h1-9,12H,10-11H2,(H,20,21,22). The summed E-state index contributed by atoms with van der Waals surface area (Å²) in [6.07, 6.45) is 0.269. The third-order valence-corrected chi connectivity index (χ3v) is 4.24. The van der Waals surface area contributed by atoms with E-state index in [0.29, 0.717) is 16.8 Å². The number of anilines is 1. The van der Waals surface area contributed by atoms with Gasteiger partial charge in [-0.3, -0.25) is 4.79 Å². The van der Waals surface area contributed by atoms with Gasteiger partial charge in [0.05, 0.1) is 18.7 Å². The number of ether oxygens (including phenoxy) is 1. The Bertz CT molecular complexity index is 803. The van der Waals surface area contributed by atoms with E-state index in [1.165, 1.54) is 11.3 Å². The van der Waals surface area contributed by atoms with E-state index in [1.54, 1.807) is 0 Å². The number of para-hydroxylation sites is 1. The molecule has 0 aliphatic carbocycles. The zero-order chi connectivity index (χ0) is 16.8. The summed E-state index contributed by atoms with van der Waals surface area (Å²) >= 11 is 7.27. The molecule has 4 nitrogen and oxygen atoms in total. The number of halogens is 1. The average molecular weight is 359 g/mol. The van der Waals surface area contributed by atoms with Crippen LogP contribution in [0.15, 0.2) is 60.0 Å². The molecule has 1 aromatic heterocycles. The summed E-state index contributed by atoms with van der Waals surface area (Å²) in [6, 6.07) is 16.8. The molecule has 0 spiro atoms. The van der Waals surface area contributed by atoms with E-state index in [9.17, 15) is 4.79 Å². The molecule has 6 heteroatoms. The summed E-state index contributed by atoms with van der Waals surface area (Å²) in [6.45, 7) is 0.325. The Balaban J connectivity index is 1.51. The van der Waals surface area contributed by atoms with Crippen molar-refractivity contribution in [2.24, 2.45) is 0 Å². The normalized spacial score (nSPS) is 10.4. The average Bonchev–Trinajstić information content (AvgIpc) is 3.05. The molecule has 1 N–H and O–H groups in total. The van der Waals surface area contributed by atoms with Crippen LogP contribution in [-0.2, 0) is 4.79 Å². The number of nitrogens with zero attached hydrogens (tertiary/aromatic N) is 1. The maximum absolute atomic E-state index is 12.0. The number of amides is 1. The van der Waals surface area contributed by atoms with Gasteiger partial charge in [-0.15, -0.1) is 11.3 Å². The zero-order valence-electron chi connectivity index (χ0n) is 12.7. The molecule has 0 saturated heterocycles. The van der Waals surface area contributed by atoms with Crippen molar-refractivity contribution in [1.29, 1.82) is 0 Å². The summed E-state index contributed by atoms with van der Waals surface area (Å²) < 4.78 is 5.51. The van der Waals surface area contributed by atoms with E-state index in [-0.39, 0.29) is 12.3 Å². The molecule has 3 rings (SSSR count). The van der Waals surface area contributed by atoms with Crippen molar-refractivity contribution in [1.82, 2.24) is 4.98 Å². The zero-order valence-corrected chi connectivity index (χ0v) is 14.3. The Labute approximate surface area is 149 Å². The van der Waals surface area contributed by atoms with E-state index in [2.05, 4.69) is 10.3 Å². The van der Waals surface area contributed by atoms with Gasteiger partial charge in [0.15, 0.2) is 5.13 Å². The molecular formula is C18H15ClN2O2S. The van der Waals surface area contributed by atoms with E-state index < -0.39 is 0 Å². The van der Waals surface area contributed by atoms with Crippen LogP contribution < -0.4 is 10.1 Å². The lowest BCUT2D eigenvalue weighted by Crippen LogP contribution is -2.15. The van der Waals surface area contributed by atoms with Crippen molar-refractivity contribution < 1.29 is 9.53 Å². The summed E-state index contributed by atoms with van der Waals surface area (Å²) in [5.74, 6) is 0.632. The van der Waals surface area contributed by atoms with Crippen LogP contribution in [0.4, 0.5) is 5.13 Å². The first-order valence-electron chi connectivity index (χ1n) is 7.40. The molecule has 3 aromatic rings. The molecule has 24 heavy (non-hydrogen) atoms. The molecule has 0 aliphatic rings. The monoisotopic (exact) mass is 358 g/mol. The summed E-state index contributed by atoms with van der Waals surface area (Å²) in [4.78, 5) is 16.4. The van der Waals surface area contributed by atoms with Crippen molar-refractivity contribution in [2.45, 2.75) is 6.42 Å². The lowest BCUT2D eigenvalue weighted by Gasteiger charge is -2.05. The fraction of sp³-hybridized carbons (Fsp3) is 0.111. The van der Waals surface area contributed by atoms with Gasteiger partial charge in [-0.25, -0.2) is 4.98 Å². The van der Waals surface area contributed by atoms with Crippen molar-refractivity contribution in [3.05, 3.63) is 65.0 Å². The fourth-order valence-corrected chi connectivity index (χ4v) is 2.91. The first kappa shape index (κ1) is 16.5. The molecule has 2 aromatic carbocycles. The highest BCUT2D eigenvalue weighted by molar-refractivity contribution is 7.14. The Morgan fingerprint density at radius 2 is 1.88 bits per heavy atom. The van der Waals surface area contributed by atoms with Gasteiger partial charge in [0, 0.05) is 16.0 Å². The summed E-state index contributed by atoms with van der Waals surface area (Å²) in [5.41, 5.74) is 1.77. The van der Waals surface area contributed by atoms with Gasteiger partial charge in [0.1, 0.15) is 5.75 Å². The minimum Gasteiger partial charge on any atom is -0.493 e. The van der Waals surface area contributed by atoms with Crippen molar-refractivity contribution in [3.63, 3.8) is 0 Å². The maximum Gasteiger partial charge on any atom is 0.229 e. The lowest BCUT2D eigenvalue weighted by molar-refractivity contribution is -0.116. The van der Waals surface area contributed by atoms with E-state index in [0.717, 1.165) is 17.0 Å². The maximum atomic E-state index is 12.0. The van der Waals surface area contributed by atoms with Gasteiger partial charge >= 0.3 is 0 Å². The Morgan fingerprint density at radius 3 is 2.62 bits per heavy atom. The third kappa shape index (κ3) is 4.57. The second-order valence-electron chi connectivity index (χ2n) is 5.00. The molecule has 0 atom stereocenters. The minimum absolute atomic E-state index is 0.122. The molecule has 0 bridgehead atoms. The highest BCUT2D eigenvalue weighted by atomic mass is 35.5. The lowest BCUT2D eigenvalue weighted by atomic mass is 10.2. The van der Waals surface area contributed by atoms with Crippen LogP contribution >= 0.6 is 22.9 Å². The number of aromatic nitrogens is 1. The number of hydrogen-bond acceptors (Lipinski definition) is 4. The van der Waals surface area contributed by atoms with E-state index in [4.69, 9.17) is 16.3 Å². The SMILES string of the molecule is O=C(CCOc1ccccc1)Nc1nc(-c2ccc(Cl)cc2)cs1. The summed E-state index contributed by atoms with van der Waals surface area (Å²) in [5, 5.41) is 5.95. The highest BCUT2D eigenvalue weighted by Crippen LogP contribution is 2.26. The predicted molar refractivity (Wildman–Crippen MR) is 97.7 cm³/mol. The van der Waals surface area contributed by atoms with Crippen LogP contribution in [0.5, 0.6) is 5.75 Å². The van der Waals surface area contributed by atoms with E-state index >= 15 is 0 Å². The number of carbonyl (C=O) groups excluding carboxylic acids is 1. The van der Waals surface area contributed by atoms with Gasteiger partial charge in [-0.2, -0.15) is 0 Å². The second-order valence-corrected chi connectivity index (χ2v) is 6.30. The second kappa shape index (κ2) is 7.95. The van der Waals surface area contributed by atoms with E-state index in [1.807, 2.05) is 60.0 Å². The molecule has 0 radical (unpaired) electrons. The van der Waals surface area contributed by atoms with Gasteiger partial charge in [-0.1, -0.05) is 41.9 Å². The van der Waals surface area contributed by atoms with Crippen LogP contribution in [0.3, 0.4) is 0 Å². The number of nitrogens with one attached hydrogen (secondary N) is 1. The topological polar surface area (TPSA) is 51.2 Å². The molecule has 0 fully saturated rings. The molecule has 0 saturated carbocycles. The first-order valence-corrected chi connectivity index (χ1v) is 8.65. The third-order valence-electron chi connectivity index (χ3n) is 3.23.